The number of carbonyl (C=O) groups excluding carboxylic acids is 1. The smallest absolute Gasteiger partial charge is 0.358 e. The first kappa shape index (κ1) is 13.0. The van der Waals surface area contributed by atoms with Crippen LogP contribution in [-0.4, -0.2) is 22.5 Å². The summed E-state index contributed by atoms with van der Waals surface area (Å²) in [6.45, 7) is 3.94. The van der Waals surface area contributed by atoms with E-state index in [-0.39, 0.29) is 0 Å². The maximum Gasteiger partial charge on any atom is 0.358 e. The SMILES string of the molecule is CCOC(=O)c1nc(-c2ccc(Cl)cn2)sc1C. The summed E-state index contributed by atoms with van der Waals surface area (Å²) in [5.74, 6) is -0.397. The van der Waals surface area contributed by atoms with Gasteiger partial charge in [0.05, 0.1) is 17.3 Å². The van der Waals surface area contributed by atoms with Gasteiger partial charge in [0.2, 0.25) is 0 Å². The van der Waals surface area contributed by atoms with Crippen LogP contribution in [0, 0.1) is 6.92 Å². The third-order valence-electron chi connectivity index (χ3n) is 2.21. The Hall–Kier alpha value is -1.46. The van der Waals surface area contributed by atoms with Crippen LogP contribution in [0.3, 0.4) is 0 Å². The van der Waals surface area contributed by atoms with Crippen molar-refractivity contribution in [1.82, 2.24) is 9.97 Å². The number of thiazole rings is 1. The summed E-state index contributed by atoms with van der Waals surface area (Å²) in [7, 11) is 0. The summed E-state index contributed by atoms with van der Waals surface area (Å²) >= 11 is 7.18. The molecule has 0 fully saturated rings. The molecule has 2 heterocycles. The van der Waals surface area contributed by atoms with E-state index in [4.69, 9.17) is 16.3 Å². The van der Waals surface area contributed by atoms with Crippen molar-refractivity contribution in [3.63, 3.8) is 0 Å². The van der Waals surface area contributed by atoms with Gasteiger partial charge in [-0.15, -0.1) is 11.3 Å². The van der Waals surface area contributed by atoms with E-state index in [9.17, 15) is 4.79 Å². The Morgan fingerprint density at radius 3 is 2.89 bits per heavy atom. The Morgan fingerprint density at radius 1 is 1.50 bits per heavy atom. The van der Waals surface area contributed by atoms with Crippen LogP contribution in [0.5, 0.6) is 0 Å². The van der Waals surface area contributed by atoms with Crippen molar-refractivity contribution in [2.45, 2.75) is 13.8 Å². The highest BCUT2D eigenvalue weighted by molar-refractivity contribution is 7.15. The fourth-order valence-electron chi connectivity index (χ4n) is 1.40. The van der Waals surface area contributed by atoms with E-state index in [1.54, 1.807) is 25.3 Å². The van der Waals surface area contributed by atoms with Gasteiger partial charge in [-0.2, -0.15) is 0 Å². The molecule has 18 heavy (non-hydrogen) atoms. The standard InChI is InChI=1S/C12H11ClN2O2S/c1-3-17-12(16)10-7(2)18-11(15-10)9-5-4-8(13)6-14-9/h4-6H,3H2,1-2H3. The fraction of sp³-hybridized carbons (Fsp3) is 0.250. The minimum absolute atomic E-state index is 0.338. The van der Waals surface area contributed by atoms with Crippen LogP contribution in [0.2, 0.25) is 5.02 Å². The number of esters is 1. The molecule has 0 aliphatic carbocycles. The number of aromatic nitrogens is 2. The lowest BCUT2D eigenvalue weighted by Crippen LogP contribution is -2.06. The Kier molecular flexibility index (Phi) is 3.93. The van der Waals surface area contributed by atoms with E-state index in [1.165, 1.54) is 11.3 Å². The van der Waals surface area contributed by atoms with Crippen LogP contribution >= 0.6 is 22.9 Å². The minimum Gasteiger partial charge on any atom is -0.461 e. The molecule has 0 aromatic carbocycles. The van der Waals surface area contributed by atoms with Gasteiger partial charge < -0.3 is 4.74 Å². The molecule has 0 atom stereocenters. The van der Waals surface area contributed by atoms with E-state index in [1.807, 2.05) is 6.92 Å². The molecule has 6 heteroatoms. The average Bonchev–Trinajstić information content (AvgIpc) is 2.72. The summed E-state index contributed by atoms with van der Waals surface area (Å²) < 4.78 is 4.94. The fourth-order valence-corrected chi connectivity index (χ4v) is 2.39. The highest BCUT2D eigenvalue weighted by Crippen LogP contribution is 2.27. The molecular formula is C12H11ClN2O2S. The van der Waals surface area contributed by atoms with Crippen molar-refractivity contribution in [2.24, 2.45) is 0 Å². The number of pyridine rings is 1. The molecular weight excluding hydrogens is 272 g/mol. The molecule has 4 nitrogen and oxygen atoms in total. The highest BCUT2D eigenvalue weighted by atomic mass is 35.5. The second kappa shape index (κ2) is 5.46. The van der Waals surface area contributed by atoms with Gasteiger partial charge >= 0.3 is 5.97 Å². The van der Waals surface area contributed by atoms with E-state index >= 15 is 0 Å². The van der Waals surface area contributed by atoms with Crippen molar-refractivity contribution >= 4 is 28.9 Å². The van der Waals surface area contributed by atoms with Gasteiger partial charge in [0, 0.05) is 11.1 Å². The van der Waals surface area contributed by atoms with Crippen molar-refractivity contribution < 1.29 is 9.53 Å². The van der Waals surface area contributed by atoms with Crippen molar-refractivity contribution in [3.8, 4) is 10.7 Å². The number of nitrogens with zero attached hydrogens (tertiary/aromatic N) is 2. The Bertz CT molecular complexity index is 566. The van der Waals surface area contributed by atoms with Gasteiger partial charge in [-0.3, -0.25) is 4.98 Å². The van der Waals surface area contributed by atoms with Gasteiger partial charge in [-0.1, -0.05) is 11.6 Å². The molecule has 0 bridgehead atoms. The Morgan fingerprint density at radius 2 is 2.28 bits per heavy atom. The van der Waals surface area contributed by atoms with Crippen molar-refractivity contribution in [2.75, 3.05) is 6.61 Å². The predicted molar refractivity (Wildman–Crippen MR) is 71.0 cm³/mol. The summed E-state index contributed by atoms with van der Waals surface area (Å²) in [5, 5.41) is 1.25. The predicted octanol–water partition coefficient (Wildman–Crippen LogP) is 3.34. The third-order valence-corrected chi connectivity index (χ3v) is 3.43. The lowest BCUT2D eigenvalue weighted by atomic mass is 10.3. The minimum atomic E-state index is -0.397. The first-order valence-corrected chi connectivity index (χ1v) is 6.57. The molecule has 0 saturated carbocycles. The maximum atomic E-state index is 11.6. The van der Waals surface area contributed by atoms with Gasteiger partial charge in [-0.25, -0.2) is 9.78 Å². The lowest BCUT2D eigenvalue weighted by Gasteiger charge is -1.98. The molecule has 2 aromatic rings. The number of aryl methyl sites for hydroxylation is 1. The largest absolute Gasteiger partial charge is 0.461 e. The number of halogens is 1. The zero-order chi connectivity index (χ0) is 13.1. The maximum absolute atomic E-state index is 11.6. The number of ether oxygens (including phenoxy) is 1. The molecule has 2 aromatic heterocycles. The van der Waals surface area contributed by atoms with Crippen LogP contribution in [0.1, 0.15) is 22.3 Å². The average molecular weight is 283 g/mol. The number of rotatable bonds is 3. The first-order chi connectivity index (χ1) is 8.61. The molecule has 0 unspecified atom stereocenters. The van der Waals surface area contributed by atoms with Crippen LogP contribution in [-0.2, 0) is 4.74 Å². The van der Waals surface area contributed by atoms with E-state index < -0.39 is 5.97 Å². The van der Waals surface area contributed by atoms with Crippen molar-refractivity contribution in [1.29, 1.82) is 0 Å². The first-order valence-electron chi connectivity index (χ1n) is 5.38. The summed E-state index contributed by atoms with van der Waals surface area (Å²) in [6.07, 6.45) is 1.55. The molecule has 0 aliphatic heterocycles. The Balaban J connectivity index is 2.34. The highest BCUT2D eigenvalue weighted by Gasteiger charge is 2.17. The number of carbonyl (C=O) groups is 1. The monoisotopic (exact) mass is 282 g/mol. The van der Waals surface area contributed by atoms with E-state index in [0.29, 0.717) is 28.0 Å². The molecule has 0 radical (unpaired) electrons. The molecule has 94 valence electrons. The van der Waals surface area contributed by atoms with Gasteiger partial charge in [0.25, 0.3) is 0 Å². The molecule has 0 saturated heterocycles. The second-order valence-electron chi connectivity index (χ2n) is 3.51. The quantitative estimate of drug-likeness (QED) is 0.810. The van der Waals surface area contributed by atoms with Gasteiger partial charge in [0.1, 0.15) is 5.01 Å². The van der Waals surface area contributed by atoms with Crippen LogP contribution < -0.4 is 0 Å². The topological polar surface area (TPSA) is 52.1 Å². The zero-order valence-electron chi connectivity index (χ0n) is 9.94. The van der Waals surface area contributed by atoms with Crippen LogP contribution in [0.25, 0.3) is 10.7 Å². The molecule has 0 N–H and O–H groups in total. The van der Waals surface area contributed by atoms with E-state index in [2.05, 4.69) is 9.97 Å². The summed E-state index contributed by atoms with van der Waals surface area (Å²) in [5.41, 5.74) is 1.05. The summed E-state index contributed by atoms with van der Waals surface area (Å²) in [6, 6.07) is 3.51. The van der Waals surface area contributed by atoms with Gasteiger partial charge in [-0.05, 0) is 26.0 Å². The number of hydrogen-bond donors (Lipinski definition) is 0. The molecule has 0 spiro atoms. The van der Waals surface area contributed by atoms with E-state index in [0.717, 1.165) is 4.88 Å². The Labute approximate surface area is 114 Å². The lowest BCUT2D eigenvalue weighted by molar-refractivity contribution is 0.0519. The molecule has 2 rings (SSSR count). The van der Waals surface area contributed by atoms with Crippen molar-refractivity contribution in [3.05, 3.63) is 33.9 Å². The van der Waals surface area contributed by atoms with Crippen LogP contribution in [0.4, 0.5) is 0 Å². The number of hydrogen-bond acceptors (Lipinski definition) is 5. The molecule has 0 aliphatic rings. The molecule has 0 amide bonds. The van der Waals surface area contributed by atoms with Gasteiger partial charge in [0.15, 0.2) is 5.69 Å². The zero-order valence-corrected chi connectivity index (χ0v) is 11.5. The summed E-state index contributed by atoms with van der Waals surface area (Å²) in [4.78, 5) is 20.9. The normalized spacial score (nSPS) is 10.4. The van der Waals surface area contributed by atoms with Crippen LogP contribution in [0.15, 0.2) is 18.3 Å². The second-order valence-corrected chi connectivity index (χ2v) is 5.15. The third kappa shape index (κ3) is 2.68.